The fourth-order valence-corrected chi connectivity index (χ4v) is 1.18. The molecule has 1 amide bonds. The van der Waals surface area contributed by atoms with E-state index < -0.39 is 0 Å². The summed E-state index contributed by atoms with van der Waals surface area (Å²) in [5, 5.41) is 0. The molecule has 1 heterocycles. The van der Waals surface area contributed by atoms with Crippen molar-refractivity contribution in [3.05, 3.63) is 0 Å². The number of hydrogen-bond acceptors (Lipinski definition) is 3. The number of amides is 1. The molecule has 1 unspecified atom stereocenters. The lowest BCUT2D eigenvalue weighted by atomic mass is 10.2. The minimum Gasteiger partial charge on any atom is -0.350 e. The van der Waals surface area contributed by atoms with Gasteiger partial charge in [0.1, 0.15) is 0 Å². The molecule has 0 aromatic carbocycles. The summed E-state index contributed by atoms with van der Waals surface area (Å²) >= 11 is 0. The third-order valence-electron chi connectivity index (χ3n) is 2.01. The van der Waals surface area contributed by atoms with Gasteiger partial charge in [-0.2, -0.15) is 0 Å². The molecule has 0 aromatic heterocycles. The summed E-state index contributed by atoms with van der Waals surface area (Å²) in [7, 11) is 0. The molecule has 1 N–H and O–H groups in total. The van der Waals surface area contributed by atoms with Crippen LogP contribution in [0, 0.1) is 0 Å². The number of carbonyl (C=O) groups excluding carboxylic acids is 1. The summed E-state index contributed by atoms with van der Waals surface area (Å²) in [6, 6.07) is 0. The SMILES string of the molecule is CCC(=O)NOC1CCCCCO1. The van der Waals surface area contributed by atoms with Gasteiger partial charge in [-0.3, -0.25) is 4.79 Å². The van der Waals surface area contributed by atoms with Gasteiger partial charge < -0.3 is 4.74 Å². The Kier molecular flexibility index (Phi) is 4.78. The van der Waals surface area contributed by atoms with Crippen molar-refractivity contribution in [1.29, 1.82) is 0 Å². The van der Waals surface area contributed by atoms with E-state index >= 15 is 0 Å². The molecule has 1 rings (SSSR count). The van der Waals surface area contributed by atoms with Crippen LogP contribution in [0.5, 0.6) is 0 Å². The zero-order chi connectivity index (χ0) is 9.52. The molecule has 0 spiro atoms. The average Bonchev–Trinajstić information content (AvgIpc) is 2.42. The predicted octanol–water partition coefficient (Wildman–Crippen LogP) is 1.36. The fraction of sp³-hybridized carbons (Fsp3) is 0.889. The normalized spacial score (nSPS) is 23.6. The lowest BCUT2D eigenvalue weighted by Gasteiger charge is -2.14. The highest BCUT2D eigenvalue weighted by Crippen LogP contribution is 2.12. The van der Waals surface area contributed by atoms with Crippen LogP contribution in [0.2, 0.25) is 0 Å². The highest BCUT2D eigenvalue weighted by Gasteiger charge is 2.13. The summed E-state index contributed by atoms with van der Waals surface area (Å²) in [5.41, 5.74) is 2.37. The largest absolute Gasteiger partial charge is 0.350 e. The Hall–Kier alpha value is -0.610. The van der Waals surface area contributed by atoms with E-state index in [1.165, 1.54) is 6.42 Å². The van der Waals surface area contributed by atoms with Crippen molar-refractivity contribution < 1.29 is 14.4 Å². The smallest absolute Gasteiger partial charge is 0.243 e. The van der Waals surface area contributed by atoms with Gasteiger partial charge in [0.2, 0.25) is 5.91 Å². The summed E-state index contributed by atoms with van der Waals surface area (Å²) in [5.74, 6) is -0.104. The molecule has 0 saturated carbocycles. The van der Waals surface area contributed by atoms with Crippen molar-refractivity contribution in [1.82, 2.24) is 5.48 Å². The van der Waals surface area contributed by atoms with E-state index in [0.29, 0.717) is 6.42 Å². The van der Waals surface area contributed by atoms with Crippen LogP contribution in [-0.4, -0.2) is 18.8 Å². The highest BCUT2D eigenvalue weighted by atomic mass is 16.8. The van der Waals surface area contributed by atoms with E-state index in [9.17, 15) is 4.79 Å². The molecule has 76 valence electrons. The first kappa shape index (κ1) is 10.5. The molecule has 1 aliphatic rings. The molecule has 1 saturated heterocycles. The number of carbonyl (C=O) groups is 1. The molecule has 0 aromatic rings. The van der Waals surface area contributed by atoms with Crippen LogP contribution in [0.15, 0.2) is 0 Å². The monoisotopic (exact) mass is 187 g/mol. The summed E-state index contributed by atoms with van der Waals surface area (Å²) < 4.78 is 5.36. The van der Waals surface area contributed by atoms with Crippen LogP contribution < -0.4 is 5.48 Å². The Labute approximate surface area is 78.5 Å². The van der Waals surface area contributed by atoms with Crippen molar-refractivity contribution in [3.63, 3.8) is 0 Å². The van der Waals surface area contributed by atoms with Gasteiger partial charge in [0, 0.05) is 19.4 Å². The Morgan fingerprint density at radius 3 is 3.15 bits per heavy atom. The quantitative estimate of drug-likeness (QED) is 0.679. The molecule has 0 aliphatic carbocycles. The Morgan fingerprint density at radius 2 is 2.38 bits per heavy atom. The van der Waals surface area contributed by atoms with Crippen LogP contribution in [0.25, 0.3) is 0 Å². The molecule has 4 heteroatoms. The zero-order valence-corrected chi connectivity index (χ0v) is 8.04. The van der Waals surface area contributed by atoms with Crippen LogP contribution in [0.1, 0.15) is 39.0 Å². The third kappa shape index (κ3) is 4.24. The van der Waals surface area contributed by atoms with Gasteiger partial charge >= 0.3 is 0 Å². The van der Waals surface area contributed by atoms with Crippen LogP contribution in [-0.2, 0) is 14.4 Å². The molecule has 0 radical (unpaired) electrons. The van der Waals surface area contributed by atoms with Crippen molar-refractivity contribution in [2.45, 2.75) is 45.3 Å². The Morgan fingerprint density at radius 1 is 1.54 bits per heavy atom. The predicted molar refractivity (Wildman–Crippen MR) is 47.7 cm³/mol. The second-order valence-electron chi connectivity index (χ2n) is 3.15. The van der Waals surface area contributed by atoms with Crippen molar-refractivity contribution in [2.75, 3.05) is 6.61 Å². The molecular weight excluding hydrogens is 170 g/mol. The molecular formula is C9H17NO3. The van der Waals surface area contributed by atoms with Gasteiger partial charge in [0.15, 0.2) is 6.29 Å². The van der Waals surface area contributed by atoms with Gasteiger partial charge in [-0.15, -0.1) is 0 Å². The maximum Gasteiger partial charge on any atom is 0.243 e. The van der Waals surface area contributed by atoms with Crippen LogP contribution in [0.4, 0.5) is 0 Å². The second-order valence-corrected chi connectivity index (χ2v) is 3.15. The number of hydroxylamine groups is 1. The van der Waals surface area contributed by atoms with Gasteiger partial charge in [-0.05, 0) is 12.8 Å². The average molecular weight is 187 g/mol. The van der Waals surface area contributed by atoms with Gasteiger partial charge in [0.25, 0.3) is 0 Å². The zero-order valence-electron chi connectivity index (χ0n) is 8.04. The van der Waals surface area contributed by atoms with E-state index in [4.69, 9.17) is 9.57 Å². The van der Waals surface area contributed by atoms with Gasteiger partial charge in [0.05, 0.1) is 0 Å². The number of ether oxygens (including phenoxy) is 1. The first-order valence-electron chi connectivity index (χ1n) is 4.89. The summed E-state index contributed by atoms with van der Waals surface area (Å²) in [6.07, 6.45) is 4.42. The standard InChI is InChI=1S/C9H17NO3/c1-2-8(11)10-13-9-6-4-3-5-7-12-9/h9H,2-7H2,1H3,(H,10,11). The molecule has 1 fully saturated rings. The lowest BCUT2D eigenvalue weighted by molar-refractivity contribution is -0.186. The molecule has 4 nitrogen and oxygen atoms in total. The minimum atomic E-state index is -0.252. The first-order chi connectivity index (χ1) is 6.33. The van der Waals surface area contributed by atoms with E-state index in [2.05, 4.69) is 5.48 Å². The van der Waals surface area contributed by atoms with Crippen molar-refractivity contribution in [3.8, 4) is 0 Å². The maximum atomic E-state index is 10.8. The number of hydrogen-bond donors (Lipinski definition) is 1. The number of rotatable bonds is 3. The molecule has 1 aliphatic heterocycles. The van der Waals surface area contributed by atoms with Gasteiger partial charge in [-0.25, -0.2) is 10.3 Å². The topological polar surface area (TPSA) is 47.6 Å². The van der Waals surface area contributed by atoms with E-state index in [0.717, 1.165) is 25.9 Å². The molecule has 0 bridgehead atoms. The second kappa shape index (κ2) is 5.94. The third-order valence-corrected chi connectivity index (χ3v) is 2.01. The van der Waals surface area contributed by atoms with E-state index in [1.54, 1.807) is 6.92 Å². The van der Waals surface area contributed by atoms with Crippen molar-refractivity contribution >= 4 is 5.91 Å². The van der Waals surface area contributed by atoms with Gasteiger partial charge in [-0.1, -0.05) is 13.3 Å². The Balaban J connectivity index is 2.15. The number of nitrogens with one attached hydrogen (secondary N) is 1. The summed E-state index contributed by atoms with van der Waals surface area (Å²) in [4.78, 5) is 15.9. The highest BCUT2D eigenvalue weighted by molar-refractivity contribution is 5.74. The van der Waals surface area contributed by atoms with Crippen LogP contribution in [0.3, 0.4) is 0 Å². The first-order valence-corrected chi connectivity index (χ1v) is 4.89. The van der Waals surface area contributed by atoms with E-state index in [1.807, 2.05) is 0 Å². The molecule has 13 heavy (non-hydrogen) atoms. The Bertz CT molecular complexity index is 153. The fourth-order valence-electron chi connectivity index (χ4n) is 1.18. The maximum absolute atomic E-state index is 10.8. The van der Waals surface area contributed by atoms with Crippen molar-refractivity contribution in [2.24, 2.45) is 0 Å². The minimum absolute atomic E-state index is 0.104. The lowest BCUT2D eigenvalue weighted by Crippen LogP contribution is -2.30. The van der Waals surface area contributed by atoms with E-state index in [-0.39, 0.29) is 12.2 Å². The van der Waals surface area contributed by atoms with Crippen LogP contribution >= 0.6 is 0 Å². The molecule has 1 atom stereocenters. The summed E-state index contributed by atoms with van der Waals surface area (Å²) in [6.45, 7) is 2.51.